The molecular formula is C19H19FN4O2. The van der Waals surface area contributed by atoms with E-state index in [0.717, 1.165) is 11.0 Å². The van der Waals surface area contributed by atoms with Crippen LogP contribution < -0.4 is 5.32 Å². The molecule has 0 spiro atoms. The highest BCUT2D eigenvalue weighted by Crippen LogP contribution is 2.11. The number of halogens is 1. The third-order valence-corrected chi connectivity index (χ3v) is 3.98. The van der Waals surface area contributed by atoms with Crippen molar-refractivity contribution in [2.45, 2.75) is 13.0 Å². The van der Waals surface area contributed by atoms with Gasteiger partial charge in [-0.25, -0.2) is 9.37 Å². The van der Waals surface area contributed by atoms with Gasteiger partial charge in [-0.1, -0.05) is 12.1 Å². The Labute approximate surface area is 150 Å². The molecule has 0 saturated heterocycles. The molecule has 1 heterocycles. The second-order valence-corrected chi connectivity index (χ2v) is 5.96. The number of aromatic amines is 1. The predicted molar refractivity (Wildman–Crippen MR) is 95.9 cm³/mol. The molecule has 2 amide bonds. The Bertz CT molecular complexity index is 888. The van der Waals surface area contributed by atoms with E-state index in [1.165, 1.54) is 24.3 Å². The van der Waals surface area contributed by atoms with Crippen LogP contribution in [-0.2, 0) is 11.3 Å². The lowest BCUT2D eigenvalue weighted by Crippen LogP contribution is -2.32. The Morgan fingerprint density at radius 1 is 1.15 bits per heavy atom. The van der Waals surface area contributed by atoms with Crippen LogP contribution in [0.15, 0.2) is 48.5 Å². The molecule has 0 atom stereocenters. The van der Waals surface area contributed by atoms with Crippen LogP contribution in [0.5, 0.6) is 0 Å². The number of fused-ring (bicyclic) bond motifs is 1. The second kappa shape index (κ2) is 7.77. The summed E-state index contributed by atoms with van der Waals surface area (Å²) in [6.07, 6.45) is 0.170. The van der Waals surface area contributed by atoms with Gasteiger partial charge in [-0.2, -0.15) is 0 Å². The molecule has 1 aromatic heterocycles. The third kappa shape index (κ3) is 4.24. The Balaban J connectivity index is 1.48. The van der Waals surface area contributed by atoms with E-state index in [0.29, 0.717) is 17.9 Å². The quantitative estimate of drug-likeness (QED) is 0.714. The topological polar surface area (TPSA) is 78.1 Å². The minimum Gasteiger partial charge on any atom is -0.352 e. The van der Waals surface area contributed by atoms with Crippen LogP contribution in [0.2, 0.25) is 0 Å². The zero-order valence-electron chi connectivity index (χ0n) is 14.3. The lowest BCUT2D eigenvalue weighted by molar-refractivity contribution is -0.130. The van der Waals surface area contributed by atoms with Gasteiger partial charge < -0.3 is 15.2 Å². The molecule has 6 nitrogen and oxygen atoms in total. The van der Waals surface area contributed by atoms with Crippen molar-refractivity contribution in [1.29, 1.82) is 0 Å². The van der Waals surface area contributed by atoms with Crippen molar-refractivity contribution in [1.82, 2.24) is 20.2 Å². The van der Waals surface area contributed by atoms with Crippen LogP contribution in [-0.4, -0.2) is 40.3 Å². The molecule has 2 aromatic carbocycles. The molecule has 0 unspecified atom stereocenters. The first-order valence-electron chi connectivity index (χ1n) is 8.24. The largest absolute Gasteiger partial charge is 0.352 e. The van der Waals surface area contributed by atoms with Crippen molar-refractivity contribution in [3.63, 3.8) is 0 Å². The summed E-state index contributed by atoms with van der Waals surface area (Å²) in [5, 5.41) is 2.66. The van der Waals surface area contributed by atoms with Gasteiger partial charge in [-0.15, -0.1) is 0 Å². The smallest absolute Gasteiger partial charge is 0.251 e. The summed E-state index contributed by atoms with van der Waals surface area (Å²) in [5.74, 6) is -0.135. The van der Waals surface area contributed by atoms with Gasteiger partial charge in [0, 0.05) is 25.6 Å². The highest BCUT2D eigenvalue weighted by Gasteiger charge is 2.12. The summed E-state index contributed by atoms with van der Waals surface area (Å²) in [6.45, 7) is 0.568. The third-order valence-electron chi connectivity index (χ3n) is 3.98. The fourth-order valence-electron chi connectivity index (χ4n) is 2.57. The highest BCUT2D eigenvalue weighted by atomic mass is 19.1. The first kappa shape index (κ1) is 17.6. The molecule has 0 bridgehead atoms. The van der Waals surface area contributed by atoms with Gasteiger partial charge in [0.2, 0.25) is 5.91 Å². The molecule has 0 fully saturated rings. The van der Waals surface area contributed by atoms with Crippen molar-refractivity contribution in [3.8, 4) is 0 Å². The number of benzene rings is 2. The van der Waals surface area contributed by atoms with E-state index < -0.39 is 5.82 Å². The number of nitrogens with zero attached hydrogens (tertiary/aromatic N) is 2. The van der Waals surface area contributed by atoms with E-state index in [2.05, 4.69) is 15.3 Å². The van der Waals surface area contributed by atoms with Crippen LogP contribution in [0.25, 0.3) is 11.0 Å². The number of carbonyl (C=O) groups excluding carboxylic acids is 2. The van der Waals surface area contributed by atoms with E-state index in [9.17, 15) is 14.0 Å². The zero-order valence-corrected chi connectivity index (χ0v) is 14.3. The van der Waals surface area contributed by atoms with Crippen molar-refractivity contribution >= 4 is 22.8 Å². The molecule has 0 radical (unpaired) electrons. The first-order chi connectivity index (χ1) is 12.5. The van der Waals surface area contributed by atoms with E-state index in [1.807, 2.05) is 24.3 Å². The lowest BCUT2D eigenvalue weighted by Gasteiger charge is -2.15. The summed E-state index contributed by atoms with van der Waals surface area (Å²) >= 11 is 0. The van der Waals surface area contributed by atoms with E-state index in [4.69, 9.17) is 0 Å². The average Bonchev–Trinajstić information content (AvgIpc) is 3.04. The standard InChI is InChI=1S/C19H19FN4O2/c1-24(12-17-22-15-4-2-3-5-16(15)23-17)18(25)10-11-21-19(26)13-6-8-14(20)9-7-13/h2-9H,10-12H2,1H3,(H,21,26)(H,22,23). The number of aromatic nitrogens is 2. The first-order valence-corrected chi connectivity index (χ1v) is 8.24. The van der Waals surface area contributed by atoms with Crippen LogP contribution in [0.1, 0.15) is 22.6 Å². The second-order valence-electron chi connectivity index (χ2n) is 5.96. The molecule has 0 saturated carbocycles. The molecule has 26 heavy (non-hydrogen) atoms. The number of para-hydroxylation sites is 2. The van der Waals surface area contributed by atoms with Crippen LogP contribution in [0.4, 0.5) is 4.39 Å². The van der Waals surface area contributed by atoms with Gasteiger partial charge in [0.1, 0.15) is 11.6 Å². The maximum atomic E-state index is 12.9. The monoisotopic (exact) mass is 354 g/mol. The molecule has 7 heteroatoms. The van der Waals surface area contributed by atoms with Crippen LogP contribution in [0, 0.1) is 5.82 Å². The highest BCUT2D eigenvalue weighted by molar-refractivity contribution is 5.94. The molecular weight excluding hydrogens is 335 g/mol. The molecule has 3 aromatic rings. The van der Waals surface area contributed by atoms with Gasteiger partial charge in [0.05, 0.1) is 17.6 Å². The van der Waals surface area contributed by atoms with Gasteiger partial charge in [-0.05, 0) is 36.4 Å². The van der Waals surface area contributed by atoms with Gasteiger partial charge in [0.25, 0.3) is 5.91 Å². The van der Waals surface area contributed by atoms with E-state index in [-0.39, 0.29) is 24.8 Å². The summed E-state index contributed by atoms with van der Waals surface area (Å²) in [6, 6.07) is 12.9. The normalized spacial score (nSPS) is 10.7. The maximum Gasteiger partial charge on any atom is 0.251 e. The number of H-pyrrole nitrogens is 1. The van der Waals surface area contributed by atoms with Gasteiger partial charge in [-0.3, -0.25) is 9.59 Å². The van der Waals surface area contributed by atoms with Gasteiger partial charge in [0.15, 0.2) is 0 Å². The van der Waals surface area contributed by atoms with Crippen molar-refractivity contribution in [3.05, 3.63) is 65.7 Å². The molecule has 3 rings (SSSR count). The van der Waals surface area contributed by atoms with Crippen LogP contribution >= 0.6 is 0 Å². The minimum atomic E-state index is -0.399. The number of imidazole rings is 1. The van der Waals surface area contributed by atoms with Crippen LogP contribution in [0.3, 0.4) is 0 Å². The molecule has 2 N–H and O–H groups in total. The van der Waals surface area contributed by atoms with E-state index >= 15 is 0 Å². The summed E-state index contributed by atoms with van der Waals surface area (Å²) in [7, 11) is 1.69. The molecule has 0 aliphatic rings. The maximum absolute atomic E-state index is 12.9. The molecule has 0 aliphatic carbocycles. The number of carbonyl (C=O) groups is 2. The number of hydrogen-bond donors (Lipinski definition) is 2. The van der Waals surface area contributed by atoms with E-state index in [1.54, 1.807) is 11.9 Å². The number of hydrogen-bond acceptors (Lipinski definition) is 3. The van der Waals surface area contributed by atoms with Crippen molar-refractivity contribution in [2.75, 3.05) is 13.6 Å². The van der Waals surface area contributed by atoms with Crippen molar-refractivity contribution in [2.24, 2.45) is 0 Å². The Morgan fingerprint density at radius 3 is 2.62 bits per heavy atom. The molecule has 134 valence electrons. The summed E-state index contributed by atoms with van der Waals surface area (Å²) in [5.41, 5.74) is 2.14. The molecule has 0 aliphatic heterocycles. The Morgan fingerprint density at radius 2 is 1.88 bits per heavy atom. The predicted octanol–water partition coefficient (Wildman–Crippen LogP) is 2.48. The number of nitrogens with one attached hydrogen (secondary N) is 2. The zero-order chi connectivity index (χ0) is 18.5. The average molecular weight is 354 g/mol. The van der Waals surface area contributed by atoms with Crippen molar-refractivity contribution < 1.29 is 14.0 Å². The van der Waals surface area contributed by atoms with Gasteiger partial charge >= 0.3 is 0 Å². The SMILES string of the molecule is CN(Cc1nc2ccccc2[nH]1)C(=O)CCNC(=O)c1ccc(F)cc1. The Kier molecular flexibility index (Phi) is 5.26. The minimum absolute atomic E-state index is 0.107. The summed E-state index contributed by atoms with van der Waals surface area (Å²) < 4.78 is 12.9. The summed E-state index contributed by atoms with van der Waals surface area (Å²) in [4.78, 5) is 33.3. The number of rotatable bonds is 6. The lowest BCUT2D eigenvalue weighted by atomic mass is 10.2. The fourth-order valence-corrected chi connectivity index (χ4v) is 2.57. The number of amides is 2. The Hall–Kier alpha value is -3.22. The fraction of sp³-hybridized carbons (Fsp3) is 0.211.